The average molecular weight is 228 g/mol. The molecule has 0 amide bonds. The van der Waals surface area contributed by atoms with E-state index < -0.39 is 0 Å². The fraction of sp³-hybridized carbons (Fsp3) is 0.200. The number of thiophene rings is 1. The van der Waals surface area contributed by atoms with Crippen molar-refractivity contribution in [2.75, 3.05) is 13.4 Å². The van der Waals surface area contributed by atoms with Gasteiger partial charge in [0.05, 0.1) is 11.8 Å². The van der Waals surface area contributed by atoms with Crippen LogP contribution in [0.1, 0.15) is 0 Å². The molecule has 0 aliphatic rings. The number of hydrogen-bond donors (Lipinski definition) is 0. The van der Waals surface area contributed by atoms with Crippen molar-refractivity contribution in [2.24, 2.45) is 0 Å². The molecular weight excluding hydrogens is 219 g/mol. The van der Waals surface area contributed by atoms with Crippen LogP contribution in [0.15, 0.2) is 23.1 Å². The van der Waals surface area contributed by atoms with Crippen LogP contribution in [0.3, 0.4) is 0 Å². The van der Waals surface area contributed by atoms with Crippen LogP contribution in [0, 0.1) is 5.13 Å². The van der Waals surface area contributed by atoms with Gasteiger partial charge in [0.15, 0.2) is 5.75 Å². The molecule has 4 heteroatoms. The Bertz CT molecular complexity index is 464. The molecule has 14 heavy (non-hydrogen) atoms. The van der Waals surface area contributed by atoms with Crippen LogP contribution < -0.4 is 4.74 Å². The summed E-state index contributed by atoms with van der Waals surface area (Å²) in [7, 11) is 1.50. The summed E-state index contributed by atoms with van der Waals surface area (Å²) in [6.45, 7) is 0. The first-order valence-corrected chi connectivity index (χ1v) is 6.11. The molecule has 0 radical (unpaired) electrons. The lowest BCUT2D eigenvalue weighted by molar-refractivity contribution is 0.398. The Balaban J connectivity index is 2.79. The molecule has 74 valence electrons. The monoisotopic (exact) mass is 228 g/mol. The smallest absolute Gasteiger partial charge is 0.219 e. The predicted molar refractivity (Wildman–Crippen MR) is 60.1 cm³/mol. The lowest BCUT2D eigenvalue weighted by atomic mass is 10.2. The van der Waals surface area contributed by atoms with Gasteiger partial charge in [-0.15, -0.1) is 23.1 Å². The van der Waals surface area contributed by atoms with E-state index in [9.17, 15) is 4.39 Å². The van der Waals surface area contributed by atoms with E-state index in [0.29, 0.717) is 5.75 Å². The quantitative estimate of drug-likeness (QED) is 0.724. The second-order valence-electron chi connectivity index (χ2n) is 2.75. The van der Waals surface area contributed by atoms with Crippen molar-refractivity contribution in [3.8, 4) is 5.75 Å². The lowest BCUT2D eigenvalue weighted by Crippen LogP contribution is -1.82. The zero-order chi connectivity index (χ0) is 10.1. The minimum absolute atomic E-state index is 0.246. The summed E-state index contributed by atoms with van der Waals surface area (Å²) in [5, 5.41) is 0.617. The Labute approximate surface area is 89.9 Å². The molecule has 0 N–H and O–H groups in total. The molecular formula is C10H9FOS2. The second-order valence-corrected chi connectivity index (χ2v) is 4.56. The number of rotatable bonds is 2. The normalized spacial score (nSPS) is 10.8. The summed E-state index contributed by atoms with van der Waals surface area (Å²) in [6, 6.07) is 5.79. The van der Waals surface area contributed by atoms with E-state index in [-0.39, 0.29) is 5.13 Å². The fourth-order valence-corrected chi connectivity index (χ4v) is 3.18. The maximum atomic E-state index is 13.4. The van der Waals surface area contributed by atoms with Gasteiger partial charge in [-0.3, -0.25) is 0 Å². The van der Waals surface area contributed by atoms with Crippen molar-refractivity contribution in [3.63, 3.8) is 0 Å². The zero-order valence-electron chi connectivity index (χ0n) is 7.83. The highest BCUT2D eigenvalue weighted by molar-refractivity contribution is 7.99. The number of methoxy groups -OCH3 is 1. The highest BCUT2D eigenvalue weighted by Gasteiger charge is 2.14. The van der Waals surface area contributed by atoms with Crippen molar-refractivity contribution in [1.82, 2.24) is 0 Å². The Hall–Kier alpha value is -0.740. The van der Waals surface area contributed by atoms with Crippen molar-refractivity contribution < 1.29 is 9.13 Å². The Morgan fingerprint density at radius 3 is 2.86 bits per heavy atom. The molecule has 0 saturated carbocycles. The number of benzene rings is 1. The van der Waals surface area contributed by atoms with Crippen LogP contribution >= 0.6 is 23.1 Å². The van der Waals surface area contributed by atoms with Gasteiger partial charge in [-0.2, -0.15) is 4.39 Å². The number of fused-ring (bicyclic) bond motifs is 1. The van der Waals surface area contributed by atoms with Gasteiger partial charge in [-0.1, -0.05) is 6.07 Å². The third kappa shape index (κ3) is 1.38. The second kappa shape index (κ2) is 3.79. The van der Waals surface area contributed by atoms with E-state index >= 15 is 0 Å². The van der Waals surface area contributed by atoms with Gasteiger partial charge in [-0.05, 0) is 18.4 Å². The van der Waals surface area contributed by atoms with E-state index in [2.05, 4.69) is 0 Å². The molecule has 1 aromatic heterocycles. The van der Waals surface area contributed by atoms with Crippen molar-refractivity contribution in [2.45, 2.75) is 4.90 Å². The molecule has 0 unspecified atom stereocenters. The van der Waals surface area contributed by atoms with Crippen LogP contribution in [-0.2, 0) is 0 Å². The summed E-state index contributed by atoms with van der Waals surface area (Å²) in [5.41, 5.74) is 0. The van der Waals surface area contributed by atoms with Gasteiger partial charge in [0.2, 0.25) is 5.13 Å². The Kier molecular flexibility index (Phi) is 2.65. The molecule has 0 spiro atoms. The van der Waals surface area contributed by atoms with Crippen molar-refractivity contribution in [1.29, 1.82) is 0 Å². The minimum Gasteiger partial charge on any atom is -0.492 e. The summed E-state index contributed by atoms with van der Waals surface area (Å²) in [5.74, 6) is 0.362. The van der Waals surface area contributed by atoms with Gasteiger partial charge in [0.25, 0.3) is 0 Å². The number of halogens is 1. The SMILES string of the molecule is COc1c(F)sc2c(SC)cccc12. The molecule has 0 fully saturated rings. The number of thioether (sulfide) groups is 1. The van der Waals surface area contributed by atoms with Gasteiger partial charge >= 0.3 is 0 Å². The first kappa shape index (κ1) is 9.80. The summed E-state index contributed by atoms with van der Waals surface area (Å²) in [4.78, 5) is 1.09. The molecule has 0 saturated heterocycles. The lowest BCUT2D eigenvalue weighted by Gasteiger charge is -1.99. The van der Waals surface area contributed by atoms with Crippen LogP contribution in [0.2, 0.25) is 0 Å². The van der Waals surface area contributed by atoms with Gasteiger partial charge in [-0.25, -0.2) is 0 Å². The minimum atomic E-state index is -0.246. The van der Waals surface area contributed by atoms with Gasteiger partial charge in [0.1, 0.15) is 0 Å². The molecule has 0 bridgehead atoms. The summed E-state index contributed by atoms with van der Waals surface area (Å²) >= 11 is 2.76. The highest BCUT2D eigenvalue weighted by atomic mass is 32.2. The van der Waals surface area contributed by atoms with Crippen LogP contribution in [0.4, 0.5) is 4.39 Å². The van der Waals surface area contributed by atoms with Crippen LogP contribution in [0.25, 0.3) is 10.1 Å². The summed E-state index contributed by atoms with van der Waals surface area (Å²) in [6.07, 6.45) is 1.98. The van der Waals surface area contributed by atoms with Crippen molar-refractivity contribution in [3.05, 3.63) is 23.3 Å². The first-order chi connectivity index (χ1) is 6.77. The third-order valence-electron chi connectivity index (χ3n) is 2.02. The maximum Gasteiger partial charge on any atom is 0.219 e. The fourth-order valence-electron chi connectivity index (χ4n) is 1.39. The molecule has 1 heterocycles. The molecule has 1 nitrogen and oxygen atoms in total. The largest absolute Gasteiger partial charge is 0.492 e. The molecule has 0 aliphatic heterocycles. The molecule has 1 aromatic carbocycles. The predicted octanol–water partition coefficient (Wildman–Crippen LogP) is 3.77. The topological polar surface area (TPSA) is 9.23 Å². The number of hydrogen-bond acceptors (Lipinski definition) is 3. The molecule has 2 rings (SSSR count). The van der Waals surface area contributed by atoms with Gasteiger partial charge in [0, 0.05) is 10.3 Å². The number of ether oxygens (including phenoxy) is 1. The standard InChI is InChI=1S/C10H9FOS2/c1-12-8-6-4-3-5-7(13-2)9(6)14-10(8)11/h3-5H,1-2H3. The van der Waals surface area contributed by atoms with Crippen LogP contribution in [0.5, 0.6) is 5.75 Å². The van der Waals surface area contributed by atoms with Crippen molar-refractivity contribution >= 4 is 33.2 Å². The summed E-state index contributed by atoms with van der Waals surface area (Å²) < 4.78 is 19.4. The van der Waals surface area contributed by atoms with E-state index in [1.54, 1.807) is 11.8 Å². The highest BCUT2D eigenvalue weighted by Crippen LogP contribution is 2.40. The molecule has 0 atom stereocenters. The van der Waals surface area contributed by atoms with Crippen LogP contribution in [-0.4, -0.2) is 13.4 Å². The van der Waals surface area contributed by atoms with Gasteiger partial charge < -0.3 is 4.74 Å². The Morgan fingerprint density at radius 1 is 1.43 bits per heavy atom. The van der Waals surface area contributed by atoms with E-state index in [0.717, 1.165) is 26.3 Å². The van der Waals surface area contributed by atoms with E-state index in [4.69, 9.17) is 4.74 Å². The molecule has 0 aliphatic carbocycles. The first-order valence-electron chi connectivity index (χ1n) is 4.07. The third-order valence-corrected chi connectivity index (χ3v) is 3.94. The van der Waals surface area contributed by atoms with E-state index in [1.165, 1.54) is 7.11 Å². The van der Waals surface area contributed by atoms with E-state index in [1.807, 2.05) is 24.5 Å². The average Bonchev–Trinajstić information content (AvgIpc) is 2.52. The maximum absolute atomic E-state index is 13.4. The zero-order valence-corrected chi connectivity index (χ0v) is 9.47. The Morgan fingerprint density at radius 2 is 2.21 bits per heavy atom. The molecule has 2 aromatic rings.